The maximum atomic E-state index is 12.2. The zero-order valence-electron chi connectivity index (χ0n) is 10.6. The first-order valence-corrected chi connectivity index (χ1v) is 8.59. The number of rotatable bonds is 4. The van der Waals surface area contributed by atoms with Crippen molar-refractivity contribution in [3.63, 3.8) is 0 Å². The zero-order chi connectivity index (χ0) is 15.7. The second-order valence-electron chi connectivity index (χ2n) is 4.07. The molecule has 2 aromatic rings. The fourth-order valence-corrected chi connectivity index (χ4v) is 3.27. The summed E-state index contributed by atoms with van der Waals surface area (Å²) in [7, 11) is -7.90. The van der Waals surface area contributed by atoms with E-state index in [2.05, 4.69) is 9.71 Å². The maximum Gasteiger partial charge on any atom is 0.265 e. The van der Waals surface area contributed by atoms with Crippen molar-refractivity contribution in [3.8, 4) is 0 Å². The molecule has 0 fully saturated rings. The molecule has 0 unspecified atom stereocenters. The Morgan fingerprint density at radius 1 is 1.05 bits per heavy atom. The number of primary sulfonamides is 1. The van der Waals surface area contributed by atoms with Crippen LogP contribution in [0.1, 0.15) is 0 Å². The molecule has 0 saturated carbocycles. The number of nitrogens with one attached hydrogen (secondary N) is 1. The summed E-state index contributed by atoms with van der Waals surface area (Å²) >= 11 is 0. The largest absolute Gasteiger partial charge is 0.383 e. The number of benzene rings is 1. The fourth-order valence-electron chi connectivity index (χ4n) is 1.58. The Bertz CT molecular complexity index is 879. The van der Waals surface area contributed by atoms with Crippen LogP contribution in [0.15, 0.2) is 52.4 Å². The third-order valence-electron chi connectivity index (χ3n) is 2.50. The predicted molar refractivity (Wildman–Crippen MR) is 77.3 cm³/mol. The molecule has 112 valence electrons. The number of aromatic nitrogens is 1. The molecule has 8 nitrogen and oxygen atoms in total. The van der Waals surface area contributed by atoms with Crippen molar-refractivity contribution in [2.24, 2.45) is 5.14 Å². The summed E-state index contributed by atoms with van der Waals surface area (Å²) in [5.74, 6) is -0.160. The Balaban J connectivity index is 2.41. The molecule has 1 aromatic heterocycles. The van der Waals surface area contributed by atoms with E-state index in [1.807, 2.05) is 0 Å². The van der Waals surface area contributed by atoms with Crippen molar-refractivity contribution in [3.05, 3.63) is 42.6 Å². The standard InChI is InChI=1S/C11H12N4O4S2/c12-11-10(5-2-6-14-11)21(18,19)15-8-3-1-4-9(7-8)20(13,16)17/h1-7,15H,(H2,12,14)(H2,13,16,17). The van der Waals surface area contributed by atoms with Crippen LogP contribution in [0, 0.1) is 0 Å². The van der Waals surface area contributed by atoms with Gasteiger partial charge in [-0.15, -0.1) is 0 Å². The van der Waals surface area contributed by atoms with Crippen LogP contribution in [0.25, 0.3) is 0 Å². The molecule has 10 heteroatoms. The molecular weight excluding hydrogens is 316 g/mol. The first kappa shape index (κ1) is 15.2. The molecule has 0 aliphatic heterocycles. The van der Waals surface area contributed by atoms with Crippen LogP contribution in [0.5, 0.6) is 0 Å². The van der Waals surface area contributed by atoms with E-state index < -0.39 is 20.0 Å². The van der Waals surface area contributed by atoms with Gasteiger partial charge in [-0.1, -0.05) is 6.07 Å². The fraction of sp³-hybridized carbons (Fsp3) is 0. The Morgan fingerprint density at radius 2 is 1.76 bits per heavy atom. The summed E-state index contributed by atoms with van der Waals surface area (Å²) < 4.78 is 49.1. The monoisotopic (exact) mass is 328 g/mol. The lowest BCUT2D eigenvalue weighted by atomic mass is 10.3. The van der Waals surface area contributed by atoms with Crippen LogP contribution >= 0.6 is 0 Å². The third-order valence-corrected chi connectivity index (χ3v) is 4.84. The Labute approximate surface area is 121 Å². The number of hydrogen-bond donors (Lipinski definition) is 3. The summed E-state index contributed by atoms with van der Waals surface area (Å²) in [5, 5.41) is 4.99. The van der Waals surface area contributed by atoms with Crippen LogP contribution in [-0.4, -0.2) is 21.8 Å². The SMILES string of the molecule is Nc1ncccc1S(=O)(=O)Nc1cccc(S(N)(=O)=O)c1. The van der Waals surface area contributed by atoms with E-state index in [0.717, 1.165) is 6.07 Å². The summed E-state index contributed by atoms with van der Waals surface area (Å²) in [5.41, 5.74) is 5.56. The number of nitrogen functional groups attached to an aromatic ring is 1. The zero-order valence-corrected chi connectivity index (χ0v) is 12.2. The van der Waals surface area contributed by atoms with Crippen molar-refractivity contribution in [2.45, 2.75) is 9.79 Å². The van der Waals surface area contributed by atoms with Crippen molar-refractivity contribution in [2.75, 3.05) is 10.5 Å². The highest BCUT2D eigenvalue weighted by molar-refractivity contribution is 7.93. The average molecular weight is 328 g/mol. The molecular formula is C11H12N4O4S2. The summed E-state index contributed by atoms with van der Waals surface area (Å²) in [4.78, 5) is 3.28. The van der Waals surface area contributed by atoms with Gasteiger partial charge in [-0.2, -0.15) is 0 Å². The molecule has 2 rings (SSSR count). The van der Waals surface area contributed by atoms with E-state index in [-0.39, 0.29) is 21.3 Å². The van der Waals surface area contributed by atoms with Crippen molar-refractivity contribution in [1.29, 1.82) is 0 Å². The first-order chi connectivity index (χ1) is 9.70. The van der Waals surface area contributed by atoms with Gasteiger partial charge in [0.15, 0.2) is 0 Å². The summed E-state index contributed by atoms with van der Waals surface area (Å²) in [6.45, 7) is 0. The molecule has 0 radical (unpaired) electrons. The second kappa shape index (κ2) is 5.31. The molecule has 1 aromatic carbocycles. The Kier molecular flexibility index (Phi) is 3.85. The van der Waals surface area contributed by atoms with Gasteiger partial charge in [-0.05, 0) is 30.3 Å². The summed E-state index contributed by atoms with van der Waals surface area (Å²) in [6, 6.07) is 7.83. The number of nitrogens with zero attached hydrogens (tertiary/aromatic N) is 1. The van der Waals surface area contributed by atoms with E-state index >= 15 is 0 Å². The number of sulfonamides is 2. The van der Waals surface area contributed by atoms with Gasteiger partial charge in [-0.25, -0.2) is 27.0 Å². The van der Waals surface area contributed by atoms with Crippen molar-refractivity contribution in [1.82, 2.24) is 4.98 Å². The van der Waals surface area contributed by atoms with Gasteiger partial charge in [-0.3, -0.25) is 4.72 Å². The quantitative estimate of drug-likeness (QED) is 0.726. The molecule has 5 N–H and O–H groups in total. The van der Waals surface area contributed by atoms with Crippen LogP contribution in [0.4, 0.5) is 11.5 Å². The van der Waals surface area contributed by atoms with E-state index in [1.54, 1.807) is 0 Å². The minimum Gasteiger partial charge on any atom is -0.383 e. The van der Waals surface area contributed by atoms with Gasteiger partial charge in [0.05, 0.1) is 10.6 Å². The van der Waals surface area contributed by atoms with E-state index in [1.165, 1.54) is 36.5 Å². The normalized spacial score (nSPS) is 12.0. The van der Waals surface area contributed by atoms with Crippen LogP contribution in [-0.2, 0) is 20.0 Å². The van der Waals surface area contributed by atoms with Gasteiger partial charge in [0.2, 0.25) is 10.0 Å². The highest BCUT2D eigenvalue weighted by Gasteiger charge is 2.18. The number of hydrogen-bond acceptors (Lipinski definition) is 6. The molecule has 0 spiro atoms. The smallest absolute Gasteiger partial charge is 0.265 e. The molecule has 0 saturated heterocycles. The van der Waals surface area contributed by atoms with Gasteiger partial charge < -0.3 is 5.73 Å². The first-order valence-electron chi connectivity index (χ1n) is 5.56. The van der Waals surface area contributed by atoms with E-state index in [4.69, 9.17) is 10.9 Å². The van der Waals surface area contributed by atoms with Crippen LogP contribution in [0.3, 0.4) is 0 Å². The van der Waals surface area contributed by atoms with Gasteiger partial charge >= 0.3 is 0 Å². The Hall–Kier alpha value is -2.17. The van der Waals surface area contributed by atoms with E-state index in [0.29, 0.717) is 0 Å². The van der Waals surface area contributed by atoms with Gasteiger partial charge in [0.25, 0.3) is 10.0 Å². The maximum absolute atomic E-state index is 12.2. The molecule has 0 aliphatic carbocycles. The van der Waals surface area contributed by atoms with Gasteiger partial charge in [0.1, 0.15) is 10.7 Å². The van der Waals surface area contributed by atoms with Crippen LogP contribution < -0.4 is 15.6 Å². The molecule has 1 heterocycles. The lowest BCUT2D eigenvalue weighted by Crippen LogP contribution is -2.16. The molecule has 0 aliphatic rings. The Morgan fingerprint density at radius 3 is 2.38 bits per heavy atom. The van der Waals surface area contributed by atoms with Crippen LogP contribution in [0.2, 0.25) is 0 Å². The molecule has 0 bridgehead atoms. The molecule has 0 atom stereocenters. The summed E-state index contributed by atoms with van der Waals surface area (Å²) in [6.07, 6.45) is 1.36. The molecule has 21 heavy (non-hydrogen) atoms. The lowest BCUT2D eigenvalue weighted by Gasteiger charge is -2.10. The van der Waals surface area contributed by atoms with E-state index in [9.17, 15) is 16.8 Å². The topological polar surface area (TPSA) is 145 Å². The number of anilines is 2. The minimum absolute atomic E-state index is 0.0461. The average Bonchev–Trinajstić information content (AvgIpc) is 2.37. The lowest BCUT2D eigenvalue weighted by molar-refractivity contribution is 0.596. The van der Waals surface area contributed by atoms with Crippen molar-refractivity contribution < 1.29 is 16.8 Å². The highest BCUT2D eigenvalue weighted by atomic mass is 32.2. The van der Waals surface area contributed by atoms with Gasteiger partial charge in [0, 0.05) is 6.20 Å². The molecule has 0 amide bonds. The van der Waals surface area contributed by atoms with Crippen molar-refractivity contribution >= 4 is 31.6 Å². The number of nitrogens with two attached hydrogens (primary N) is 2. The highest BCUT2D eigenvalue weighted by Crippen LogP contribution is 2.21. The predicted octanol–water partition coefficient (Wildman–Crippen LogP) is 0.112. The minimum atomic E-state index is -3.98. The number of pyridine rings is 1. The second-order valence-corrected chi connectivity index (χ2v) is 7.28. The third kappa shape index (κ3) is 3.48.